The number of para-hydroxylation sites is 1. The molecule has 3 rings (SSSR count). The van der Waals surface area contributed by atoms with Crippen LogP contribution in [0.5, 0.6) is 0 Å². The van der Waals surface area contributed by atoms with Crippen LogP contribution >= 0.6 is 0 Å². The summed E-state index contributed by atoms with van der Waals surface area (Å²) in [5.41, 5.74) is 9.69. The summed E-state index contributed by atoms with van der Waals surface area (Å²) in [6.45, 7) is 0. The molecule has 114 valence electrons. The molecule has 3 heteroatoms. The summed E-state index contributed by atoms with van der Waals surface area (Å²) in [5, 5.41) is 0. The number of halogens is 1. The Labute approximate surface area is 135 Å². The molecule has 0 saturated heterocycles. The molecule has 1 atom stereocenters. The molecule has 0 aromatic heterocycles. The van der Waals surface area contributed by atoms with E-state index in [0.717, 1.165) is 16.7 Å². The summed E-state index contributed by atoms with van der Waals surface area (Å²) in [6.07, 6.45) is 1.75. The Hall–Kier alpha value is -2.94. The molecule has 23 heavy (non-hydrogen) atoms. The van der Waals surface area contributed by atoms with Gasteiger partial charge in [-0.1, -0.05) is 60.7 Å². The van der Waals surface area contributed by atoms with Crippen molar-refractivity contribution in [2.24, 2.45) is 4.99 Å². The lowest BCUT2D eigenvalue weighted by molar-refractivity contribution is 0.628. The van der Waals surface area contributed by atoms with Gasteiger partial charge < -0.3 is 5.73 Å². The molecule has 0 heterocycles. The van der Waals surface area contributed by atoms with Gasteiger partial charge in [0.05, 0.1) is 0 Å². The number of nitrogens with zero attached hydrogens (tertiary/aromatic N) is 1. The van der Waals surface area contributed by atoms with Crippen molar-refractivity contribution < 1.29 is 4.39 Å². The SMILES string of the molecule is Nc1ccccc1C(N=Cc1ccc(F)cc1)c1ccccc1. The van der Waals surface area contributed by atoms with Crippen molar-refractivity contribution in [2.75, 3.05) is 5.73 Å². The monoisotopic (exact) mass is 304 g/mol. The van der Waals surface area contributed by atoms with Crippen LogP contribution in [-0.4, -0.2) is 6.21 Å². The second-order valence-electron chi connectivity index (χ2n) is 5.27. The number of rotatable bonds is 4. The Morgan fingerprint density at radius 3 is 2.17 bits per heavy atom. The molecule has 0 bridgehead atoms. The maximum absolute atomic E-state index is 13.0. The molecule has 0 aliphatic heterocycles. The van der Waals surface area contributed by atoms with Crippen LogP contribution in [0, 0.1) is 5.82 Å². The fourth-order valence-corrected chi connectivity index (χ4v) is 2.45. The number of aliphatic imine (C=N–C) groups is 1. The van der Waals surface area contributed by atoms with Gasteiger partial charge in [-0.3, -0.25) is 4.99 Å². The predicted octanol–water partition coefficient (Wildman–Crippen LogP) is 4.62. The van der Waals surface area contributed by atoms with Crippen molar-refractivity contribution >= 4 is 11.9 Å². The van der Waals surface area contributed by atoms with Crippen LogP contribution < -0.4 is 5.73 Å². The van der Waals surface area contributed by atoms with E-state index in [0.29, 0.717) is 5.69 Å². The number of anilines is 1. The van der Waals surface area contributed by atoms with Gasteiger partial charge in [0.25, 0.3) is 0 Å². The van der Waals surface area contributed by atoms with Crippen LogP contribution in [0.25, 0.3) is 0 Å². The highest BCUT2D eigenvalue weighted by atomic mass is 19.1. The number of benzene rings is 3. The van der Waals surface area contributed by atoms with Gasteiger partial charge in [0.1, 0.15) is 11.9 Å². The molecule has 0 aliphatic rings. The maximum atomic E-state index is 13.0. The van der Waals surface area contributed by atoms with Crippen LogP contribution in [0.15, 0.2) is 83.9 Å². The predicted molar refractivity (Wildman–Crippen MR) is 93.1 cm³/mol. The fraction of sp³-hybridized carbons (Fsp3) is 0.0500. The summed E-state index contributed by atoms with van der Waals surface area (Å²) >= 11 is 0. The first kappa shape index (κ1) is 15.0. The third kappa shape index (κ3) is 3.64. The van der Waals surface area contributed by atoms with Crippen molar-refractivity contribution in [1.82, 2.24) is 0 Å². The lowest BCUT2D eigenvalue weighted by Gasteiger charge is -2.15. The van der Waals surface area contributed by atoms with Gasteiger partial charge in [-0.15, -0.1) is 0 Å². The minimum absolute atomic E-state index is 0.192. The van der Waals surface area contributed by atoms with E-state index >= 15 is 0 Å². The number of hydrogen-bond acceptors (Lipinski definition) is 2. The quantitative estimate of drug-likeness (QED) is 0.554. The molecule has 3 aromatic rings. The molecular formula is C20H17FN2. The van der Waals surface area contributed by atoms with E-state index in [4.69, 9.17) is 10.7 Å². The first-order valence-corrected chi connectivity index (χ1v) is 7.42. The molecular weight excluding hydrogens is 287 g/mol. The molecule has 1 unspecified atom stereocenters. The van der Waals surface area contributed by atoms with Crippen LogP contribution in [0.2, 0.25) is 0 Å². The Morgan fingerprint density at radius 1 is 0.826 bits per heavy atom. The van der Waals surface area contributed by atoms with Gasteiger partial charge in [-0.2, -0.15) is 0 Å². The smallest absolute Gasteiger partial charge is 0.123 e. The second kappa shape index (κ2) is 6.88. The van der Waals surface area contributed by atoms with E-state index in [1.54, 1.807) is 18.3 Å². The van der Waals surface area contributed by atoms with Crippen molar-refractivity contribution in [3.05, 3.63) is 101 Å². The second-order valence-corrected chi connectivity index (χ2v) is 5.27. The first-order chi connectivity index (χ1) is 11.2. The number of hydrogen-bond donors (Lipinski definition) is 1. The molecule has 3 aromatic carbocycles. The van der Waals surface area contributed by atoms with E-state index in [1.165, 1.54) is 12.1 Å². The van der Waals surface area contributed by atoms with Crippen molar-refractivity contribution in [3.8, 4) is 0 Å². The Balaban J connectivity index is 1.99. The van der Waals surface area contributed by atoms with Crippen molar-refractivity contribution in [2.45, 2.75) is 6.04 Å². The van der Waals surface area contributed by atoms with E-state index in [1.807, 2.05) is 54.6 Å². The van der Waals surface area contributed by atoms with Crippen LogP contribution in [0.4, 0.5) is 10.1 Å². The van der Waals surface area contributed by atoms with Crippen LogP contribution in [0.1, 0.15) is 22.7 Å². The fourth-order valence-electron chi connectivity index (χ4n) is 2.45. The third-order valence-electron chi connectivity index (χ3n) is 3.65. The average molecular weight is 304 g/mol. The molecule has 0 saturated carbocycles. The molecule has 2 N–H and O–H groups in total. The maximum Gasteiger partial charge on any atom is 0.123 e. The lowest BCUT2D eigenvalue weighted by Crippen LogP contribution is -2.03. The standard InChI is InChI=1S/C20H17FN2/c21-17-12-10-15(11-13-17)14-23-20(16-6-2-1-3-7-16)18-8-4-5-9-19(18)22/h1-14,20H,22H2. The van der Waals surface area contributed by atoms with Gasteiger partial charge in [0, 0.05) is 17.5 Å². The Bertz CT molecular complexity index is 795. The zero-order valence-electron chi connectivity index (χ0n) is 12.6. The molecule has 0 spiro atoms. The summed E-state index contributed by atoms with van der Waals surface area (Å²) in [4.78, 5) is 4.70. The average Bonchev–Trinajstić information content (AvgIpc) is 2.59. The third-order valence-corrected chi connectivity index (χ3v) is 3.65. The Morgan fingerprint density at radius 2 is 1.48 bits per heavy atom. The van der Waals surface area contributed by atoms with Crippen molar-refractivity contribution in [1.29, 1.82) is 0 Å². The van der Waals surface area contributed by atoms with Gasteiger partial charge in [-0.05, 0) is 29.3 Å². The lowest BCUT2D eigenvalue weighted by atomic mass is 9.98. The summed E-state index contributed by atoms with van der Waals surface area (Å²) in [6, 6.07) is 23.8. The zero-order valence-corrected chi connectivity index (χ0v) is 12.6. The largest absolute Gasteiger partial charge is 0.398 e. The van der Waals surface area contributed by atoms with Crippen LogP contribution in [0.3, 0.4) is 0 Å². The summed E-state index contributed by atoms with van der Waals surface area (Å²) in [5.74, 6) is -0.255. The molecule has 0 amide bonds. The Kier molecular flexibility index (Phi) is 4.48. The number of nitrogens with two attached hydrogens (primary N) is 1. The highest BCUT2D eigenvalue weighted by Crippen LogP contribution is 2.29. The highest BCUT2D eigenvalue weighted by molar-refractivity contribution is 5.80. The molecule has 0 radical (unpaired) electrons. The van der Waals surface area contributed by atoms with E-state index < -0.39 is 0 Å². The summed E-state index contributed by atoms with van der Waals surface area (Å²) < 4.78 is 13.0. The summed E-state index contributed by atoms with van der Waals surface area (Å²) in [7, 11) is 0. The first-order valence-electron chi connectivity index (χ1n) is 7.42. The highest BCUT2D eigenvalue weighted by Gasteiger charge is 2.14. The molecule has 2 nitrogen and oxygen atoms in total. The van der Waals surface area contributed by atoms with Crippen LogP contribution in [-0.2, 0) is 0 Å². The normalized spacial score (nSPS) is 12.4. The van der Waals surface area contributed by atoms with E-state index in [-0.39, 0.29) is 11.9 Å². The van der Waals surface area contributed by atoms with Gasteiger partial charge >= 0.3 is 0 Å². The van der Waals surface area contributed by atoms with Gasteiger partial charge in [0.2, 0.25) is 0 Å². The number of nitrogen functional groups attached to an aromatic ring is 1. The molecule has 0 aliphatic carbocycles. The topological polar surface area (TPSA) is 38.4 Å². The molecule has 0 fully saturated rings. The van der Waals surface area contributed by atoms with Crippen molar-refractivity contribution in [3.63, 3.8) is 0 Å². The minimum Gasteiger partial charge on any atom is -0.398 e. The van der Waals surface area contributed by atoms with E-state index in [2.05, 4.69) is 0 Å². The van der Waals surface area contributed by atoms with Gasteiger partial charge in [0.15, 0.2) is 0 Å². The zero-order chi connectivity index (χ0) is 16.1. The van der Waals surface area contributed by atoms with E-state index in [9.17, 15) is 4.39 Å². The minimum atomic E-state index is -0.255. The van der Waals surface area contributed by atoms with Gasteiger partial charge in [-0.25, -0.2) is 4.39 Å².